The Morgan fingerprint density at radius 2 is 2.22 bits per heavy atom. The maximum absolute atomic E-state index is 11.4. The van der Waals surface area contributed by atoms with E-state index in [1.54, 1.807) is 19.1 Å². The van der Waals surface area contributed by atoms with Crippen LogP contribution in [0.5, 0.6) is 0 Å². The molecule has 18 heavy (non-hydrogen) atoms. The number of hydrogen-bond donors (Lipinski definition) is 2. The fourth-order valence-corrected chi connectivity index (χ4v) is 1.57. The van der Waals surface area contributed by atoms with Crippen LogP contribution in [0.1, 0.15) is 6.92 Å². The Hall–Kier alpha value is -1.82. The minimum atomic E-state index is -0.837. The molecule has 96 valence electrons. The lowest BCUT2D eigenvalue weighted by molar-refractivity contribution is -0.139. The molecule has 0 aliphatic carbocycles. The second-order valence-electron chi connectivity index (χ2n) is 3.30. The van der Waals surface area contributed by atoms with Gasteiger partial charge in [-0.2, -0.15) is 0 Å². The summed E-state index contributed by atoms with van der Waals surface area (Å²) < 4.78 is 5.59. The molecule has 6 heteroatoms. The van der Waals surface area contributed by atoms with Gasteiger partial charge >= 0.3 is 5.97 Å². The van der Waals surface area contributed by atoms with Crippen molar-refractivity contribution in [2.45, 2.75) is 6.92 Å². The van der Waals surface area contributed by atoms with Gasteiger partial charge in [-0.15, -0.1) is 0 Å². The topological polar surface area (TPSA) is 81.4 Å². The van der Waals surface area contributed by atoms with Gasteiger partial charge in [-0.1, -0.05) is 22.0 Å². The summed E-state index contributed by atoms with van der Waals surface area (Å²) in [5, 5.41) is 2.81. The molecule has 0 aromatic heterocycles. The van der Waals surface area contributed by atoms with E-state index in [1.807, 2.05) is 12.1 Å². The first kappa shape index (κ1) is 14.2. The second kappa shape index (κ2) is 6.80. The van der Waals surface area contributed by atoms with Crippen LogP contribution in [-0.2, 0) is 14.3 Å². The Bertz CT molecular complexity index is 486. The van der Waals surface area contributed by atoms with Gasteiger partial charge in [0.2, 0.25) is 0 Å². The molecule has 0 aliphatic heterocycles. The fourth-order valence-electron chi connectivity index (χ4n) is 1.17. The summed E-state index contributed by atoms with van der Waals surface area (Å²) in [4.78, 5) is 22.5. The molecule has 3 N–H and O–H groups in total. The summed E-state index contributed by atoms with van der Waals surface area (Å²) in [7, 11) is 0. The Labute approximate surface area is 113 Å². The van der Waals surface area contributed by atoms with Crippen molar-refractivity contribution in [2.24, 2.45) is 5.73 Å². The standard InChI is InChI=1S/C12H13BrN2O3/c1-2-18-12(17)10(11(14)16)7-15-9-5-3-4-8(13)6-9/h3-7,15H,2H2,1H3,(H2,14,16)/b10-7+. The van der Waals surface area contributed by atoms with Crippen LogP contribution in [0.15, 0.2) is 40.5 Å². The molecule has 0 atom stereocenters. The number of esters is 1. The smallest absolute Gasteiger partial charge is 0.345 e. The number of amides is 1. The van der Waals surface area contributed by atoms with Crippen LogP contribution in [0.25, 0.3) is 0 Å². The number of carbonyl (C=O) groups excluding carboxylic acids is 2. The first-order valence-corrected chi connectivity index (χ1v) is 6.03. The van der Waals surface area contributed by atoms with Crippen LogP contribution >= 0.6 is 15.9 Å². The zero-order valence-corrected chi connectivity index (χ0v) is 11.4. The number of carbonyl (C=O) groups is 2. The van der Waals surface area contributed by atoms with Crippen molar-refractivity contribution in [1.29, 1.82) is 0 Å². The molecule has 1 aromatic carbocycles. The lowest BCUT2D eigenvalue weighted by Gasteiger charge is -2.05. The van der Waals surface area contributed by atoms with Gasteiger partial charge in [0.05, 0.1) is 6.61 Å². The molecule has 0 fully saturated rings. The van der Waals surface area contributed by atoms with Crippen LogP contribution in [0.4, 0.5) is 5.69 Å². The number of primary amides is 1. The van der Waals surface area contributed by atoms with E-state index < -0.39 is 11.9 Å². The normalized spacial score (nSPS) is 10.9. The predicted octanol–water partition coefficient (Wildman–Crippen LogP) is 1.79. The third kappa shape index (κ3) is 4.21. The van der Waals surface area contributed by atoms with Gasteiger partial charge in [0, 0.05) is 16.4 Å². The Kier molecular flexibility index (Phi) is 5.38. The molecule has 0 unspecified atom stereocenters. The van der Waals surface area contributed by atoms with E-state index in [4.69, 9.17) is 10.5 Å². The van der Waals surface area contributed by atoms with Gasteiger partial charge in [-0.05, 0) is 25.1 Å². The molecular weight excluding hydrogens is 300 g/mol. The average Bonchev–Trinajstić information content (AvgIpc) is 2.29. The first-order valence-electron chi connectivity index (χ1n) is 5.23. The van der Waals surface area contributed by atoms with Gasteiger partial charge in [-0.3, -0.25) is 4.79 Å². The van der Waals surface area contributed by atoms with Crippen molar-refractivity contribution in [3.63, 3.8) is 0 Å². The number of halogens is 1. The van der Waals surface area contributed by atoms with Crippen molar-refractivity contribution < 1.29 is 14.3 Å². The maximum Gasteiger partial charge on any atom is 0.345 e. The molecule has 0 aliphatic rings. The Morgan fingerprint density at radius 3 is 2.78 bits per heavy atom. The Morgan fingerprint density at radius 1 is 1.50 bits per heavy atom. The summed E-state index contributed by atoms with van der Waals surface area (Å²) in [6.45, 7) is 1.83. The van der Waals surface area contributed by atoms with E-state index in [-0.39, 0.29) is 12.2 Å². The van der Waals surface area contributed by atoms with Gasteiger partial charge in [0.25, 0.3) is 5.91 Å². The van der Waals surface area contributed by atoms with Crippen LogP contribution in [0.2, 0.25) is 0 Å². The molecule has 0 heterocycles. The largest absolute Gasteiger partial charge is 0.462 e. The number of nitrogens with one attached hydrogen (secondary N) is 1. The number of hydrogen-bond acceptors (Lipinski definition) is 4. The highest BCUT2D eigenvalue weighted by Gasteiger charge is 2.16. The molecule has 0 spiro atoms. The zero-order valence-electron chi connectivity index (χ0n) is 9.77. The van der Waals surface area contributed by atoms with E-state index >= 15 is 0 Å². The summed E-state index contributed by atoms with van der Waals surface area (Å²) in [5.41, 5.74) is 5.59. The number of rotatable bonds is 5. The third-order valence-corrected chi connectivity index (χ3v) is 2.46. The molecule has 0 radical (unpaired) electrons. The molecule has 0 saturated heterocycles. The summed E-state index contributed by atoms with van der Waals surface area (Å²) in [6, 6.07) is 7.25. The minimum Gasteiger partial charge on any atom is -0.462 e. The molecule has 1 amide bonds. The Balaban J connectivity index is 2.84. The molecular formula is C12H13BrN2O3. The number of benzene rings is 1. The minimum absolute atomic E-state index is 0.181. The molecule has 1 aromatic rings. The molecule has 0 saturated carbocycles. The zero-order chi connectivity index (χ0) is 13.5. The quantitative estimate of drug-likeness (QED) is 0.376. The van der Waals surface area contributed by atoms with Crippen molar-refractivity contribution in [3.05, 3.63) is 40.5 Å². The average molecular weight is 313 g/mol. The second-order valence-corrected chi connectivity index (χ2v) is 4.21. The number of ether oxygens (including phenoxy) is 1. The van der Waals surface area contributed by atoms with Crippen LogP contribution in [-0.4, -0.2) is 18.5 Å². The van der Waals surface area contributed by atoms with Gasteiger partial charge < -0.3 is 15.8 Å². The number of anilines is 1. The lowest BCUT2D eigenvalue weighted by atomic mass is 10.2. The highest BCUT2D eigenvalue weighted by atomic mass is 79.9. The highest BCUT2D eigenvalue weighted by molar-refractivity contribution is 9.10. The SMILES string of the molecule is CCOC(=O)/C(=C/Nc1cccc(Br)c1)C(N)=O. The molecule has 5 nitrogen and oxygen atoms in total. The summed E-state index contributed by atoms with van der Waals surface area (Å²) >= 11 is 3.31. The lowest BCUT2D eigenvalue weighted by Crippen LogP contribution is -2.23. The van der Waals surface area contributed by atoms with Crippen LogP contribution in [0.3, 0.4) is 0 Å². The molecule has 0 bridgehead atoms. The van der Waals surface area contributed by atoms with Crippen LogP contribution < -0.4 is 11.1 Å². The third-order valence-electron chi connectivity index (χ3n) is 1.97. The number of nitrogens with two attached hydrogens (primary N) is 1. The first-order chi connectivity index (χ1) is 8.54. The van der Waals surface area contributed by atoms with E-state index in [0.717, 1.165) is 4.47 Å². The summed E-state index contributed by atoms with van der Waals surface area (Å²) in [6.07, 6.45) is 1.24. The van der Waals surface area contributed by atoms with Crippen molar-refractivity contribution in [1.82, 2.24) is 0 Å². The van der Waals surface area contributed by atoms with E-state index in [1.165, 1.54) is 6.20 Å². The van der Waals surface area contributed by atoms with Crippen LogP contribution in [0, 0.1) is 0 Å². The van der Waals surface area contributed by atoms with Gasteiger partial charge in [0.15, 0.2) is 0 Å². The highest BCUT2D eigenvalue weighted by Crippen LogP contribution is 2.15. The predicted molar refractivity (Wildman–Crippen MR) is 71.7 cm³/mol. The van der Waals surface area contributed by atoms with Gasteiger partial charge in [-0.25, -0.2) is 4.79 Å². The van der Waals surface area contributed by atoms with E-state index in [0.29, 0.717) is 5.69 Å². The molecule has 1 rings (SSSR count). The van der Waals surface area contributed by atoms with E-state index in [2.05, 4.69) is 21.2 Å². The van der Waals surface area contributed by atoms with Crippen molar-refractivity contribution in [3.8, 4) is 0 Å². The van der Waals surface area contributed by atoms with Crippen molar-refractivity contribution >= 4 is 33.5 Å². The monoisotopic (exact) mass is 312 g/mol. The van der Waals surface area contributed by atoms with E-state index in [9.17, 15) is 9.59 Å². The fraction of sp³-hybridized carbons (Fsp3) is 0.167. The summed E-state index contributed by atoms with van der Waals surface area (Å²) in [5.74, 6) is -1.58. The maximum atomic E-state index is 11.4. The van der Waals surface area contributed by atoms with Gasteiger partial charge in [0.1, 0.15) is 5.57 Å². The van der Waals surface area contributed by atoms with Crippen molar-refractivity contribution in [2.75, 3.05) is 11.9 Å².